The Morgan fingerprint density at radius 1 is 1.00 bits per heavy atom. The van der Waals surface area contributed by atoms with Crippen molar-refractivity contribution in [2.75, 3.05) is 19.8 Å². The van der Waals surface area contributed by atoms with E-state index >= 15 is 0 Å². The average molecular weight is 276 g/mol. The van der Waals surface area contributed by atoms with Gasteiger partial charge in [0.1, 0.15) is 0 Å². The quantitative estimate of drug-likeness (QED) is 0.639. The maximum Gasteiger partial charge on any atom is 0.0987 e. The van der Waals surface area contributed by atoms with Crippen molar-refractivity contribution < 1.29 is 20.4 Å². The van der Waals surface area contributed by atoms with Crippen LogP contribution in [0, 0.1) is 5.41 Å². The highest BCUT2D eigenvalue weighted by atomic mass is 16.3. The molecule has 1 aromatic carbocycles. The third-order valence-electron chi connectivity index (χ3n) is 4.11. The van der Waals surface area contributed by atoms with Gasteiger partial charge in [0.25, 0.3) is 0 Å². The predicted octanol–water partition coefficient (Wildman–Crippen LogP) is 0.724. The Bertz CT molecular complexity index is 494. The van der Waals surface area contributed by atoms with E-state index in [1.807, 2.05) is 36.4 Å². The van der Waals surface area contributed by atoms with Crippen molar-refractivity contribution in [2.45, 2.75) is 12.0 Å². The first-order chi connectivity index (χ1) is 9.61. The number of hydrogen-bond acceptors (Lipinski definition) is 4. The van der Waals surface area contributed by atoms with Crippen molar-refractivity contribution in [3.63, 3.8) is 0 Å². The molecule has 4 heteroatoms. The van der Waals surface area contributed by atoms with Gasteiger partial charge in [-0.3, -0.25) is 0 Å². The van der Waals surface area contributed by atoms with Gasteiger partial charge in [0.15, 0.2) is 0 Å². The zero-order valence-electron chi connectivity index (χ0n) is 11.2. The molecule has 4 N–H and O–H groups in total. The summed E-state index contributed by atoms with van der Waals surface area (Å²) in [6.07, 6.45) is 5.40. The standard InChI is InChI=1S/C16H20O4/c17-10-15(11-18,12-19)16(20)8-6-14(7-9-16)13-4-2-1-3-5-13/h1-8,17-20H,9-12H2. The second-order valence-electron chi connectivity index (χ2n) is 5.24. The molecular formula is C16H20O4. The monoisotopic (exact) mass is 276 g/mol. The van der Waals surface area contributed by atoms with Crippen LogP contribution in [0.15, 0.2) is 48.6 Å². The third-order valence-corrected chi connectivity index (χ3v) is 4.11. The van der Waals surface area contributed by atoms with E-state index in [1.54, 1.807) is 12.2 Å². The summed E-state index contributed by atoms with van der Waals surface area (Å²) >= 11 is 0. The zero-order chi connectivity index (χ0) is 14.6. The summed E-state index contributed by atoms with van der Waals surface area (Å²) in [4.78, 5) is 0. The molecule has 0 heterocycles. The summed E-state index contributed by atoms with van der Waals surface area (Å²) in [6, 6.07) is 9.74. The number of allylic oxidation sites excluding steroid dienone is 2. The topological polar surface area (TPSA) is 80.9 Å². The molecule has 0 radical (unpaired) electrons. The molecule has 0 saturated heterocycles. The molecule has 0 spiro atoms. The zero-order valence-corrected chi connectivity index (χ0v) is 11.2. The fraction of sp³-hybridized carbons (Fsp3) is 0.375. The van der Waals surface area contributed by atoms with Crippen LogP contribution in [-0.4, -0.2) is 45.8 Å². The molecule has 2 rings (SSSR count). The van der Waals surface area contributed by atoms with Gasteiger partial charge in [-0.05, 0) is 17.6 Å². The second kappa shape index (κ2) is 5.89. The number of hydrogen-bond donors (Lipinski definition) is 4. The van der Waals surface area contributed by atoms with Crippen LogP contribution >= 0.6 is 0 Å². The van der Waals surface area contributed by atoms with Crippen molar-refractivity contribution >= 4 is 5.57 Å². The Morgan fingerprint density at radius 2 is 1.60 bits per heavy atom. The first kappa shape index (κ1) is 14.9. The maximum absolute atomic E-state index is 10.6. The van der Waals surface area contributed by atoms with Gasteiger partial charge in [-0.25, -0.2) is 0 Å². The highest BCUT2D eigenvalue weighted by Crippen LogP contribution is 2.39. The van der Waals surface area contributed by atoms with Crippen molar-refractivity contribution in [1.29, 1.82) is 0 Å². The van der Waals surface area contributed by atoms with Gasteiger partial charge in [0.05, 0.1) is 30.8 Å². The fourth-order valence-corrected chi connectivity index (χ4v) is 2.43. The van der Waals surface area contributed by atoms with E-state index in [0.717, 1.165) is 11.1 Å². The van der Waals surface area contributed by atoms with Crippen LogP contribution < -0.4 is 0 Å². The smallest absolute Gasteiger partial charge is 0.0987 e. The molecule has 1 aliphatic carbocycles. The van der Waals surface area contributed by atoms with Gasteiger partial charge in [0.2, 0.25) is 0 Å². The number of benzene rings is 1. The van der Waals surface area contributed by atoms with Crippen molar-refractivity contribution in [3.8, 4) is 0 Å². The van der Waals surface area contributed by atoms with Crippen LogP contribution in [0.25, 0.3) is 5.57 Å². The van der Waals surface area contributed by atoms with Crippen molar-refractivity contribution in [3.05, 3.63) is 54.1 Å². The molecule has 1 atom stereocenters. The largest absolute Gasteiger partial charge is 0.395 e. The normalized spacial score (nSPS) is 22.7. The maximum atomic E-state index is 10.6. The summed E-state index contributed by atoms with van der Waals surface area (Å²) in [5.74, 6) is 0. The van der Waals surface area contributed by atoms with E-state index in [9.17, 15) is 20.4 Å². The van der Waals surface area contributed by atoms with E-state index in [2.05, 4.69) is 0 Å². The molecule has 0 bridgehead atoms. The molecule has 108 valence electrons. The lowest BCUT2D eigenvalue weighted by atomic mass is 9.69. The van der Waals surface area contributed by atoms with E-state index in [-0.39, 0.29) is 6.42 Å². The SMILES string of the molecule is OCC(CO)(CO)C1(O)C=CC(c2ccccc2)=CC1. The highest BCUT2D eigenvalue weighted by molar-refractivity contribution is 5.75. The minimum absolute atomic E-state index is 0.232. The van der Waals surface area contributed by atoms with Gasteiger partial charge < -0.3 is 20.4 Å². The molecule has 0 aromatic heterocycles. The highest BCUT2D eigenvalue weighted by Gasteiger charge is 2.48. The van der Waals surface area contributed by atoms with Gasteiger partial charge in [-0.1, -0.05) is 48.6 Å². The van der Waals surface area contributed by atoms with Crippen LogP contribution in [0.3, 0.4) is 0 Å². The average Bonchev–Trinajstić information content (AvgIpc) is 2.51. The molecular weight excluding hydrogens is 256 g/mol. The van der Waals surface area contributed by atoms with Crippen molar-refractivity contribution in [2.24, 2.45) is 5.41 Å². The van der Waals surface area contributed by atoms with Crippen LogP contribution in [0.2, 0.25) is 0 Å². The van der Waals surface area contributed by atoms with E-state index < -0.39 is 30.8 Å². The van der Waals surface area contributed by atoms with Gasteiger partial charge in [0, 0.05) is 0 Å². The van der Waals surface area contributed by atoms with E-state index in [1.165, 1.54) is 0 Å². The van der Waals surface area contributed by atoms with Gasteiger partial charge in [-0.2, -0.15) is 0 Å². The minimum atomic E-state index is -1.45. The Kier molecular flexibility index (Phi) is 4.40. The van der Waals surface area contributed by atoms with Crippen LogP contribution in [-0.2, 0) is 0 Å². The molecule has 4 nitrogen and oxygen atoms in total. The fourth-order valence-electron chi connectivity index (χ4n) is 2.43. The Labute approximate surface area is 118 Å². The first-order valence-corrected chi connectivity index (χ1v) is 6.60. The molecule has 0 fully saturated rings. The molecule has 0 amide bonds. The molecule has 0 aliphatic heterocycles. The summed E-state index contributed by atoms with van der Waals surface area (Å²) in [5, 5.41) is 39.0. The molecule has 20 heavy (non-hydrogen) atoms. The van der Waals surface area contributed by atoms with Crippen molar-refractivity contribution in [1.82, 2.24) is 0 Å². The third kappa shape index (κ3) is 2.43. The lowest BCUT2D eigenvalue weighted by molar-refractivity contribution is -0.125. The van der Waals surface area contributed by atoms with E-state index in [4.69, 9.17) is 0 Å². The summed E-state index contributed by atoms with van der Waals surface area (Å²) in [6.45, 7) is -1.47. The summed E-state index contributed by atoms with van der Waals surface area (Å²) in [7, 11) is 0. The number of aliphatic hydroxyl groups is 4. The minimum Gasteiger partial charge on any atom is -0.395 e. The molecule has 1 aliphatic rings. The van der Waals surface area contributed by atoms with Crippen LogP contribution in [0.5, 0.6) is 0 Å². The lowest BCUT2D eigenvalue weighted by Gasteiger charge is -2.43. The molecule has 1 unspecified atom stereocenters. The molecule has 0 saturated carbocycles. The van der Waals surface area contributed by atoms with Crippen LogP contribution in [0.4, 0.5) is 0 Å². The number of aliphatic hydroxyl groups excluding tert-OH is 3. The Morgan fingerprint density at radius 3 is 2.05 bits per heavy atom. The first-order valence-electron chi connectivity index (χ1n) is 6.60. The summed E-state index contributed by atoms with van der Waals surface area (Å²) in [5.41, 5.74) is -0.794. The second-order valence-corrected chi connectivity index (χ2v) is 5.24. The summed E-state index contributed by atoms with van der Waals surface area (Å²) < 4.78 is 0. The predicted molar refractivity (Wildman–Crippen MR) is 76.8 cm³/mol. The number of rotatable bonds is 5. The van der Waals surface area contributed by atoms with Gasteiger partial charge >= 0.3 is 0 Å². The Hall–Kier alpha value is -1.46. The van der Waals surface area contributed by atoms with E-state index in [0.29, 0.717) is 0 Å². The van der Waals surface area contributed by atoms with Gasteiger partial charge in [-0.15, -0.1) is 0 Å². The Balaban J connectivity index is 2.26. The molecule has 1 aromatic rings. The van der Waals surface area contributed by atoms with Crippen LogP contribution in [0.1, 0.15) is 12.0 Å². The lowest BCUT2D eigenvalue weighted by Crippen LogP contribution is -2.54.